The zero-order chi connectivity index (χ0) is 31.1. The summed E-state index contributed by atoms with van der Waals surface area (Å²) < 4.78 is 86.3. The van der Waals surface area contributed by atoms with Gasteiger partial charge in [-0.15, -0.1) is 5.75 Å². The second kappa shape index (κ2) is 19.4. The van der Waals surface area contributed by atoms with E-state index in [0.717, 1.165) is 13.1 Å². The number of piperazine rings is 2. The average Bonchev–Trinajstić information content (AvgIpc) is 3.81. The summed E-state index contributed by atoms with van der Waals surface area (Å²) in [4.78, 5) is 22.3. The quantitative estimate of drug-likeness (QED) is 0.0692. The molecule has 0 radical (unpaired) electrons. The molecular weight excluding hydrogens is 679 g/mol. The van der Waals surface area contributed by atoms with E-state index in [4.69, 9.17) is 4.55 Å². The van der Waals surface area contributed by atoms with Crippen LogP contribution in [0.5, 0.6) is 0 Å². The van der Waals surface area contributed by atoms with Gasteiger partial charge in [0, 0.05) is 39.3 Å². The summed E-state index contributed by atoms with van der Waals surface area (Å²) in [5, 5.41) is 15.1. The van der Waals surface area contributed by atoms with Crippen molar-refractivity contribution in [2.45, 2.75) is 24.4 Å². The zero-order valence-corrected chi connectivity index (χ0v) is 26.9. The van der Waals surface area contributed by atoms with Crippen molar-refractivity contribution in [1.29, 1.82) is 0 Å². The molecule has 0 bridgehead atoms. The van der Waals surface area contributed by atoms with Crippen LogP contribution in [0, 0.1) is 4.58 Å². The fourth-order valence-electron chi connectivity index (χ4n) is 2.75. The number of rotatable bonds is 7. The number of thioether (sulfide) groups is 1. The molecule has 41 heavy (non-hydrogen) atoms. The summed E-state index contributed by atoms with van der Waals surface area (Å²) >= 11 is 5.69. The van der Waals surface area contributed by atoms with Gasteiger partial charge in [0.2, 0.25) is 11.8 Å². The highest BCUT2D eigenvalue weighted by atomic mass is 33.6. The number of amides is 2. The summed E-state index contributed by atoms with van der Waals surface area (Å²) in [6.45, 7) is 0.807. The van der Waals surface area contributed by atoms with Crippen molar-refractivity contribution in [3.8, 4) is 0 Å². The van der Waals surface area contributed by atoms with Gasteiger partial charge < -0.3 is 99.5 Å². The molecule has 0 aromatic carbocycles. The Morgan fingerprint density at radius 2 is 1.41 bits per heavy atom. The summed E-state index contributed by atoms with van der Waals surface area (Å²) in [6.07, 6.45) is -5.04. The Hall–Kier alpha value is 0.0300. The number of hydrogen-bond acceptors (Lipinski definition) is 11. The van der Waals surface area contributed by atoms with Gasteiger partial charge in [0.05, 0.1) is 12.1 Å². The number of halogens is 6. The van der Waals surface area contributed by atoms with Gasteiger partial charge in [-0.3, -0.25) is 9.59 Å². The second-order valence-electron chi connectivity index (χ2n) is 8.23. The fourth-order valence-corrected chi connectivity index (χ4v) is 12.7. The van der Waals surface area contributed by atoms with Crippen molar-refractivity contribution in [2.75, 3.05) is 70.6 Å². The van der Waals surface area contributed by atoms with Gasteiger partial charge >= 0.3 is 12.4 Å². The minimum atomic E-state index is -4.35. The molecule has 2 amide bonds. The molecule has 0 saturated carbocycles. The Balaban J connectivity index is 0.000000293. The number of fused-ring (bicyclic) bond motifs is 1. The maximum atomic E-state index is 11.7. The molecule has 21 heteroatoms. The Labute approximate surface area is 256 Å². The third-order valence-electron chi connectivity index (χ3n) is 4.78. The lowest BCUT2D eigenvalue weighted by Crippen LogP contribution is -2.56. The molecule has 0 spiro atoms. The van der Waals surface area contributed by atoms with E-state index in [9.17, 15) is 35.9 Å². The molecule has 4 fully saturated rings. The van der Waals surface area contributed by atoms with Crippen LogP contribution >= 0.6 is 64.4 Å². The van der Waals surface area contributed by atoms with E-state index in [0.29, 0.717) is 26.2 Å². The van der Waals surface area contributed by atoms with Gasteiger partial charge in [0.1, 0.15) is 13.1 Å². The van der Waals surface area contributed by atoms with Crippen LogP contribution in [0.4, 0.5) is 26.3 Å². The van der Waals surface area contributed by atoms with Crippen molar-refractivity contribution >= 4 is 85.6 Å². The van der Waals surface area contributed by atoms with Crippen LogP contribution in [-0.2, 0) is 9.59 Å². The lowest BCUT2D eigenvalue weighted by atomic mass is 10.2. The molecule has 4 aliphatic rings. The number of nitrogens with one attached hydrogen (secondary N) is 6. The zero-order valence-electron chi connectivity index (χ0n) is 22.0. The van der Waals surface area contributed by atoms with Crippen molar-refractivity contribution < 1.29 is 40.5 Å². The fraction of sp³-hybridized carbons (Fsp3) is 0.750. The topological polar surface area (TPSA) is 127 Å². The van der Waals surface area contributed by atoms with Crippen molar-refractivity contribution in [3.05, 3.63) is 4.58 Å². The van der Waals surface area contributed by atoms with E-state index in [1.54, 1.807) is 21.6 Å². The standard InChI is InChI=1S/2C7H12F3N3O.C4H6OS4.C2H3S2/c2*8-7(9,10)4-13-6(14)5-3-11-1-2-12-5;1-8(5)3-6-9-2-4(9)7-9;1-4-2-3/h2*5,11-12H,1-4H2,(H,13,14);5H,2H2,1H3;1H3/q;;-2;-1/t5-;;;/m1.../s1. The molecule has 0 aromatic heterocycles. The van der Waals surface area contributed by atoms with Crippen molar-refractivity contribution in [1.82, 2.24) is 31.9 Å². The van der Waals surface area contributed by atoms with Crippen molar-refractivity contribution in [2.24, 2.45) is 0 Å². The second-order valence-corrected chi connectivity index (χ2v) is 19.1. The van der Waals surface area contributed by atoms with Crippen LogP contribution in [0.2, 0.25) is 0 Å². The van der Waals surface area contributed by atoms with Gasteiger partial charge in [0.25, 0.3) is 0 Å². The molecule has 7 N–H and O–H groups in total. The molecular formula is C20H33F6N6O3S6-3. The van der Waals surface area contributed by atoms with Gasteiger partial charge in [-0.1, -0.05) is 0 Å². The van der Waals surface area contributed by atoms with E-state index < -0.39 is 60.1 Å². The molecule has 4 rings (SSSR count). The van der Waals surface area contributed by atoms with Crippen LogP contribution in [-0.4, -0.2) is 121 Å². The molecule has 9 nitrogen and oxygen atoms in total. The molecule has 242 valence electrons. The van der Waals surface area contributed by atoms with E-state index in [1.165, 1.54) is 17.5 Å². The Kier molecular flexibility index (Phi) is 18.5. The van der Waals surface area contributed by atoms with Crippen molar-refractivity contribution in [3.63, 3.8) is 0 Å². The Morgan fingerprint density at radius 1 is 1.02 bits per heavy atom. The number of alkyl halides is 6. The maximum Gasteiger partial charge on any atom is 0.405 e. The normalized spacial score (nSPS) is 27.3. The van der Waals surface area contributed by atoms with Gasteiger partial charge in [-0.2, -0.15) is 30.9 Å². The van der Waals surface area contributed by atoms with E-state index in [2.05, 4.69) is 42.9 Å². The highest BCUT2D eigenvalue weighted by Crippen LogP contribution is 3.10. The Morgan fingerprint density at radius 3 is 1.66 bits per heavy atom. The largest absolute Gasteiger partial charge is 0.405 e. The van der Waals surface area contributed by atoms with E-state index in [-0.39, 0.29) is 8.09 Å². The minimum Gasteiger partial charge on any atom is -0.371 e. The smallest absolute Gasteiger partial charge is 0.371 e. The molecule has 0 aliphatic carbocycles. The summed E-state index contributed by atoms with van der Waals surface area (Å²) in [6, 6.07) is -1.13. The molecule has 4 aliphatic heterocycles. The van der Waals surface area contributed by atoms with E-state index >= 15 is 0 Å². The van der Waals surface area contributed by atoms with Gasteiger partial charge in [-0.25, -0.2) is 10.8 Å². The van der Waals surface area contributed by atoms with Crippen LogP contribution in [0.1, 0.15) is 0 Å². The number of carbonyl (C=O) groups excluding carboxylic acids is 2. The Bertz CT molecular complexity index is 807. The summed E-state index contributed by atoms with van der Waals surface area (Å²) in [5.74, 6) is 0.107. The third-order valence-corrected chi connectivity index (χ3v) is 15.5. The van der Waals surface area contributed by atoms with Crippen LogP contribution in [0.15, 0.2) is 0 Å². The van der Waals surface area contributed by atoms with Gasteiger partial charge in [-0.05, 0) is 12.5 Å². The number of thiocarbonyl (C=S) groups is 1. The molecule has 4 atom stereocenters. The number of hydrogen-bond donors (Lipinski definition) is 7. The highest BCUT2D eigenvalue weighted by molar-refractivity contribution is 9.43. The van der Waals surface area contributed by atoms with Gasteiger partial charge in [0.15, 0.2) is 0 Å². The predicted octanol–water partition coefficient (Wildman–Crippen LogP) is 2.25. The number of carbonyl (C=O) groups is 2. The molecule has 0 aromatic rings. The lowest BCUT2D eigenvalue weighted by Gasteiger charge is -2.23. The monoisotopic (exact) mass is 711 g/mol. The minimum absolute atomic E-state index is 0.317. The van der Waals surface area contributed by atoms with E-state index in [1.807, 2.05) is 27.7 Å². The summed E-state index contributed by atoms with van der Waals surface area (Å²) in [5.41, 5.74) is 0. The third kappa shape index (κ3) is 19.1. The average molecular weight is 712 g/mol. The molecule has 4 heterocycles. The first-order chi connectivity index (χ1) is 19.1. The van der Waals surface area contributed by atoms with Crippen LogP contribution < -0.4 is 31.9 Å². The SMILES string of the molecule is CS(O)=[C-]SS12C[C-]1S2.CS[C-]=S.O=C(NCC(F)(F)F)C1CNCCN1.O=C(NCC(F)(F)F)[C@H]1CNCCN1. The predicted molar refractivity (Wildman–Crippen MR) is 166 cm³/mol. The first-order valence-corrected chi connectivity index (χ1v) is 19.4. The highest BCUT2D eigenvalue weighted by Gasteiger charge is 2.45. The molecule has 4 saturated heterocycles. The van der Waals surface area contributed by atoms with Crippen LogP contribution in [0.3, 0.4) is 0 Å². The maximum absolute atomic E-state index is 11.7. The molecule has 3 unspecified atom stereocenters. The van der Waals surface area contributed by atoms with Crippen LogP contribution in [0.25, 0.3) is 0 Å². The summed E-state index contributed by atoms with van der Waals surface area (Å²) in [7, 11) is 2.85. The lowest BCUT2D eigenvalue weighted by molar-refractivity contribution is -0.139. The first kappa shape index (κ1) is 39.1. The first-order valence-electron chi connectivity index (χ1n) is 11.7.